The number of hydrogen-bond donors (Lipinski definition) is 1. The van der Waals surface area contributed by atoms with Gasteiger partial charge in [0.15, 0.2) is 11.6 Å². The first kappa shape index (κ1) is 8.93. The number of carbonyl (C=O) groups is 1. The van der Waals surface area contributed by atoms with Gasteiger partial charge in [-0.3, -0.25) is 4.79 Å². The summed E-state index contributed by atoms with van der Waals surface area (Å²) in [5.74, 6) is -2.05. The Labute approximate surface area is 79.3 Å². The van der Waals surface area contributed by atoms with Gasteiger partial charge in [0.1, 0.15) is 0 Å². The van der Waals surface area contributed by atoms with Crippen LogP contribution in [-0.4, -0.2) is 19.5 Å². The van der Waals surface area contributed by atoms with E-state index < -0.39 is 11.6 Å². The second kappa shape index (κ2) is 2.94. The number of amides is 1. The predicted octanol–water partition coefficient (Wildman–Crippen LogP) is 1.35. The van der Waals surface area contributed by atoms with Gasteiger partial charge in [-0.25, -0.2) is 8.78 Å². The van der Waals surface area contributed by atoms with Gasteiger partial charge < -0.3 is 10.2 Å². The minimum absolute atomic E-state index is 0.106. The first-order chi connectivity index (χ1) is 6.59. The molecule has 1 heterocycles. The third-order valence-electron chi connectivity index (χ3n) is 2.20. The topological polar surface area (TPSA) is 32.3 Å². The van der Waals surface area contributed by atoms with Crippen molar-refractivity contribution in [3.05, 3.63) is 23.8 Å². The highest BCUT2D eigenvalue weighted by molar-refractivity contribution is 6.02. The van der Waals surface area contributed by atoms with Gasteiger partial charge in [0, 0.05) is 19.2 Å². The SMILES string of the molecule is CN1C(=O)CNc2cc(F)c(F)cc21. The molecule has 0 saturated carbocycles. The summed E-state index contributed by atoms with van der Waals surface area (Å²) in [7, 11) is 1.53. The monoisotopic (exact) mass is 198 g/mol. The average Bonchev–Trinajstić information content (AvgIpc) is 2.15. The zero-order valence-electron chi connectivity index (χ0n) is 7.47. The molecule has 0 aliphatic carbocycles. The van der Waals surface area contributed by atoms with E-state index in [0.717, 1.165) is 12.1 Å². The normalized spacial score (nSPS) is 15.1. The van der Waals surface area contributed by atoms with E-state index in [4.69, 9.17) is 0 Å². The number of fused-ring (bicyclic) bond motifs is 1. The van der Waals surface area contributed by atoms with Crippen LogP contribution >= 0.6 is 0 Å². The molecule has 3 nitrogen and oxygen atoms in total. The average molecular weight is 198 g/mol. The smallest absolute Gasteiger partial charge is 0.246 e. The molecule has 0 atom stereocenters. The Kier molecular flexibility index (Phi) is 1.87. The summed E-state index contributed by atoms with van der Waals surface area (Å²) in [6, 6.07) is 2.06. The maximum Gasteiger partial charge on any atom is 0.246 e. The highest BCUT2D eigenvalue weighted by atomic mass is 19.2. The van der Waals surface area contributed by atoms with Crippen molar-refractivity contribution in [2.45, 2.75) is 0 Å². The Hall–Kier alpha value is -1.65. The molecule has 0 aromatic heterocycles. The quantitative estimate of drug-likeness (QED) is 0.682. The minimum atomic E-state index is -0.952. The van der Waals surface area contributed by atoms with E-state index in [0.29, 0.717) is 11.4 Å². The fraction of sp³-hybridized carbons (Fsp3) is 0.222. The molecule has 1 aliphatic rings. The standard InChI is InChI=1S/C9H8F2N2O/c1-13-8-3-6(11)5(10)2-7(8)12-4-9(13)14/h2-3,12H,4H2,1H3. The summed E-state index contributed by atoms with van der Waals surface area (Å²) in [6.07, 6.45) is 0. The van der Waals surface area contributed by atoms with Crippen molar-refractivity contribution in [1.29, 1.82) is 0 Å². The van der Waals surface area contributed by atoms with E-state index in [9.17, 15) is 13.6 Å². The Balaban J connectivity index is 2.55. The number of nitrogens with zero attached hydrogens (tertiary/aromatic N) is 1. The zero-order chi connectivity index (χ0) is 10.3. The minimum Gasteiger partial charge on any atom is -0.374 e. The largest absolute Gasteiger partial charge is 0.374 e. The number of carbonyl (C=O) groups excluding carboxylic acids is 1. The number of rotatable bonds is 0. The van der Waals surface area contributed by atoms with Crippen LogP contribution in [0.1, 0.15) is 0 Å². The molecule has 74 valence electrons. The van der Waals surface area contributed by atoms with Crippen molar-refractivity contribution in [1.82, 2.24) is 0 Å². The highest BCUT2D eigenvalue weighted by Gasteiger charge is 2.22. The van der Waals surface area contributed by atoms with Gasteiger partial charge in [-0.05, 0) is 0 Å². The third kappa shape index (κ3) is 1.21. The number of halogens is 2. The molecule has 1 aliphatic heterocycles. The van der Waals surface area contributed by atoms with Crippen LogP contribution in [0, 0.1) is 11.6 Å². The van der Waals surface area contributed by atoms with Gasteiger partial charge in [-0.1, -0.05) is 0 Å². The third-order valence-corrected chi connectivity index (χ3v) is 2.20. The molecule has 14 heavy (non-hydrogen) atoms. The van der Waals surface area contributed by atoms with Crippen LogP contribution in [-0.2, 0) is 4.79 Å². The van der Waals surface area contributed by atoms with Crippen molar-refractivity contribution < 1.29 is 13.6 Å². The van der Waals surface area contributed by atoms with E-state index in [2.05, 4.69) is 5.32 Å². The highest BCUT2D eigenvalue weighted by Crippen LogP contribution is 2.30. The molecule has 1 aromatic rings. The van der Waals surface area contributed by atoms with Crippen molar-refractivity contribution >= 4 is 17.3 Å². The molecule has 0 spiro atoms. The molecule has 1 aromatic carbocycles. The van der Waals surface area contributed by atoms with E-state index in [1.165, 1.54) is 11.9 Å². The van der Waals surface area contributed by atoms with Crippen molar-refractivity contribution in [3.63, 3.8) is 0 Å². The molecule has 0 unspecified atom stereocenters. The van der Waals surface area contributed by atoms with Gasteiger partial charge >= 0.3 is 0 Å². The fourth-order valence-electron chi connectivity index (χ4n) is 1.38. The Morgan fingerprint density at radius 1 is 1.36 bits per heavy atom. The summed E-state index contributed by atoms with van der Waals surface area (Å²) in [5, 5.41) is 2.71. The first-order valence-electron chi connectivity index (χ1n) is 4.09. The Morgan fingerprint density at radius 3 is 2.71 bits per heavy atom. The molecular weight excluding hydrogens is 190 g/mol. The summed E-state index contributed by atoms with van der Waals surface area (Å²) in [5.41, 5.74) is 0.797. The first-order valence-corrected chi connectivity index (χ1v) is 4.09. The Morgan fingerprint density at radius 2 is 2.00 bits per heavy atom. The van der Waals surface area contributed by atoms with Crippen molar-refractivity contribution in [2.75, 3.05) is 23.8 Å². The second-order valence-electron chi connectivity index (χ2n) is 3.09. The van der Waals surface area contributed by atoms with Gasteiger partial charge in [-0.15, -0.1) is 0 Å². The van der Waals surface area contributed by atoms with E-state index in [1.807, 2.05) is 0 Å². The molecule has 2 rings (SSSR count). The van der Waals surface area contributed by atoms with Crippen LogP contribution < -0.4 is 10.2 Å². The lowest BCUT2D eigenvalue weighted by molar-refractivity contribution is -0.116. The number of hydrogen-bond acceptors (Lipinski definition) is 2. The van der Waals surface area contributed by atoms with Gasteiger partial charge in [-0.2, -0.15) is 0 Å². The summed E-state index contributed by atoms with van der Waals surface area (Å²) in [6.45, 7) is 0.106. The number of anilines is 2. The summed E-state index contributed by atoms with van der Waals surface area (Å²) in [4.78, 5) is 12.5. The van der Waals surface area contributed by atoms with Crippen LogP contribution in [0.25, 0.3) is 0 Å². The molecule has 0 fully saturated rings. The molecule has 0 saturated heterocycles. The molecule has 5 heteroatoms. The lowest BCUT2D eigenvalue weighted by Crippen LogP contribution is -2.36. The van der Waals surface area contributed by atoms with E-state index >= 15 is 0 Å². The summed E-state index contributed by atoms with van der Waals surface area (Å²) < 4.78 is 25.7. The van der Waals surface area contributed by atoms with Gasteiger partial charge in [0.25, 0.3) is 0 Å². The summed E-state index contributed by atoms with van der Waals surface area (Å²) >= 11 is 0. The molecule has 0 radical (unpaired) electrons. The Bertz CT molecular complexity index is 406. The van der Waals surface area contributed by atoms with E-state index in [1.54, 1.807) is 0 Å². The van der Waals surface area contributed by atoms with Gasteiger partial charge in [0.2, 0.25) is 5.91 Å². The lowest BCUT2D eigenvalue weighted by Gasteiger charge is -2.26. The zero-order valence-corrected chi connectivity index (χ0v) is 7.47. The van der Waals surface area contributed by atoms with Gasteiger partial charge in [0.05, 0.1) is 17.9 Å². The van der Waals surface area contributed by atoms with Crippen molar-refractivity contribution in [2.24, 2.45) is 0 Å². The lowest BCUT2D eigenvalue weighted by atomic mass is 10.2. The van der Waals surface area contributed by atoms with Crippen LogP contribution in [0.2, 0.25) is 0 Å². The van der Waals surface area contributed by atoms with Crippen LogP contribution in [0.5, 0.6) is 0 Å². The fourth-order valence-corrected chi connectivity index (χ4v) is 1.38. The predicted molar refractivity (Wildman–Crippen MR) is 48.3 cm³/mol. The number of benzene rings is 1. The maximum absolute atomic E-state index is 12.9. The molecule has 0 bridgehead atoms. The van der Waals surface area contributed by atoms with Crippen LogP contribution in [0.3, 0.4) is 0 Å². The van der Waals surface area contributed by atoms with Crippen LogP contribution in [0.4, 0.5) is 20.2 Å². The maximum atomic E-state index is 12.9. The molecule has 1 amide bonds. The van der Waals surface area contributed by atoms with Crippen LogP contribution in [0.15, 0.2) is 12.1 Å². The number of nitrogens with one attached hydrogen (secondary N) is 1. The second-order valence-corrected chi connectivity index (χ2v) is 3.09. The molecule has 1 N–H and O–H groups in total. The van der Waals surface area contributed by atoms with Crippen molar-refractivity contribution in [3.8, 4) is 0 Å². The number of likely N-dealkylation sites (N-methyl/N-ethyl adjacent to an activating group) is 1. The molecular formula is C9H8F2N2O. The van der Waals surface area contributed by atoms with E-state index in [-0.39, 0.29) is 12.5 Å².